The van der Waals surface area contributed by atoms with Gasteiger partial charge in [0.05, 0.1) is 5.56 Å². The maximum absolute atomic E-state index is 13.5. The Morgan fingerprint density at radius 3 is 2.60 bits per heavy atom. The molecule has 0 spiro atoms. The highest BCUT2D eigenvalue weighted by Crippen LogP contribution is 2.17. The van der Waals surface area contributed by atoms with Gasteiger partial charge < -0.3 is 10.4 Å². The molecule has 0 saturated heterocycles. The van der Waals surface area contributed by atoms with Gasteiger partial charge in [0, 0.05) is 22.8 Å². The first-order valence-corrected chi connectivity index (χ1v) is 7.22. The van der Waals surface area contributed by atoms with Gasteiger partial charge in [0.2, 0.25) is 0 Å². The maximum atomic E-state index is 13.5. The Morgan fingerprint density at radius 1 is 1.25 bits per heavy atom. The molecule has 2 rings (SSSR count). The van der Waals surface area contributed by atoms with Crippen molar-refractivity contribution in [2.75, 3.05) is 0 Å². The van der Waals surface area contributed by atoms with Crippen molar-refractivity contribution in [3.05, 3.63) is 57.0 Å². The number of carbonyl (C=O) groups is 1. The third kappa shape index (κ3) is 3.65. The van der Waals surface area contributed by atoms with E-state index in [1.807, 2.05) is 0 Å². The van der Waals surface area contributed by atoms with E-state index in [-0.39, 0.29) is 5.56 Å². The standard InChI is InChI=1S/C15H16FNO2S/c1-2-11-4-5-12(20-11)9-17-8-10-3-6-13(15(18)19)14(16)7-10/h3-7,17H,2,8-9H2,1H3,(H,18,19). The smallest absolute Gasteiger partial charge is 0.338 e. The van der Waals surface area contributed by atoms with Crippen molar-refractivity contribution in [2.45, 2.75) is 26.4 Å². The Labute approximate surface area is 121 Å². The molecular weight excluding hydrogens is 277 g/mol. The molecule has 3 nitrogen and oxygen atoms in total. The summed E-state index contributed by atoms with van der Waals surface area (Å²) in [5.41, 5.74) is 0.444. The van der Waals surface area contributed by atoms with E-state index in [1.165, 1.54) is 21.9 Å². The molecule has 0 amide bonds. The predicted molar refractivity (Wildman–Crippen MR) is 77.6 cm³/mol. The van der Waals surface area contributed by atoms with E-state index in [0.717, 1.165) is 18.5 Å². The molecular formula is C15H16FNO2S. The fourth-order valence-electron chi connectivity index (χ4n) is 1.88. The lowest BCUT2D eigenvalue weighted by molar-refractivity contribution is 0.0692. The molecule has 106 valence electrons. The second kappa shape index (κ2) is 6.63. The van der Waals surface area contributed by atoms with Crippen molar-refractivity contribution in [1.82, 2.24) is 5.32 Å². The minimum Gasteiger partial charge on any atom is -0.478 e. The van der Waals surface area contributed by atoms with Crippen LogP contribution in [0.25, 0.3) is 0 Å². The van der Waals surface area contributed by atoms with Crippen LogP contribution in [0.15, 0.2) is 30.3 Å². The summed E-state index contributed by atoms with van der Waals surface area (Å²) in [5, 5.41) is 12.0. The lowest BCUT2D eigenvalue weighted by atomic mass is 10.1. The van der Waals surface area contributed by atoms with Crippen LogP contribution in [0.1, 0.15) is 32.6 Å². The van der Waals surface area contributed by atoms with Gasteiger partial charge in [-0.05, 0) is 36.2 Å². The van der Waals surface area contributed by atoms with Crippen molar-refractivity contribution in [1.29, 1.82) is 0 Å². The van der Waals surface area contributed by atoms with Gasteiger partial charge in [0.1, 0.15) is 5.82 Å². The fraction of sp³-hybridized carbons (Fsp3) is 0.267. The van der Waals surface area contributed by atoms with E-state index in [1.54, 1.807) is 17.4 Å². The van der Waals surface area contributed by atoms with E-state index in [9.17, 15) is 9.18 Å². The van der Waals surface area contributed by atoms with E-state index >= 15 is 0 Å². The Balaban J connectivity index is 1.91. The van der Waals surface area contributed by atoms with Gasteiger partial charge in [-0.2, -0.15) is 0 Å². The second-order valence-electron chi connectivity index (χ2n) is 4.44. The summed E-state index contributed by atoms with van der Waals surface area (Å²) in [6, 6.07) is 8.40. The quantitative estimate of drug-likeness (QED) is 0.858. The zero-order valence-corrected chi connectivity index (χ0v) is 12.0. The van der Waals surface area contributed by atoms with Crippen molar-refractivity contribution in [3.8, 4) is 0 Å². The molecule has 2 aromatic rings. The molecule has 2 N–H and O–H groups in total. The monoisotopic (exact) mass is 293 g/mol. The van der Waals surface area contributed by atoms with Crippen LogP contribution in [0.3, 0.4) is 0 Å². The molecule has 0 atom stereocenters. The zero-order chi connectivity index (χ0) is 14.5. The normalized spacial score (nSPS) is 10.7. The van der Waals surface area contributed by atoms with Gasteiger partial charge in [-0.25, -0.2) is 9.18 Å². The molecule has 1 aromatic carbocycles. The molecule has 0 aliphatic heterocycles. The SMILES string of the molecule is CCc1ccc(CNCc2ccc(C(=O)O)c(F)c2)s1. The number of aromatic carboxylic acids is 1. The average Bonchev–Trinajstić information content (AvgIpc) is 2.86. The van der Waals surface area contributed by atoms with Crippen LogP contribution >= 0.6 is 11.3 Å². The van der Waals surface area contributed by atoms with E-state index in [2.05, 4.69) is 24.4 Å². The summed E-state index contributed by atoms with van der Waals surface area (Å²) >= 11 is 1.76. The number of carboxylic acids is 1. The highest BCUT2D eigenvalue weighted by atomic mass is 32.1. The first-order chi connectivity index (χ1) is 9.60. The molecule has 0 fully saturated rings. The van der Waals surface area contributed by atoms with Crippen LogP contribution in [-0.4, -0.2) is 11.1 Å². The predicted octanol–water partition coefficient (Wildman–Crippen LogP) is 3.44. The number of halogens is 1. The van der Waals surface area contributed by atoms with Crippen LogP contribution in [0, 0.1) is 5.82 Å². The highest BCUT2D eigenvalue weighted by Gasteiger charge is 2.10. The van der Waals surface area contributed by atoms with E-state index < -0.39 is 11.8 Å². The van der Waals surface area contributed by atoms with Gasteiger partial charge in [0.15, 0.2) is 0 Å². The maximum Gasteiger partial charge on any atom is 0.338 e. The summed E-state index contributed by atoms with van der Waals surface area (Å²) in [7, 11) is 0. The summed E-state index contributed by atoms with van der Waals surface area (Å²) in [6.07, 6.45) is 1.03. The molecule has 0 radical (unpaired) electrons. The molecule has 0 aliphatic rings. The Hall–Kier alpha value is -1.72. The van der Waals surface area contributed by atoms with Gasteiger partial charge >= 0.3 is 5.97 Å². The van der Waals surface area contributed by atoms with Crippen LogP contribution in [0.5, 0.6) is 0 Å². The third-order valence-corrected chi connectivity index (χ3v) is 4.19. The molecule has 1 aromatic heterocycles. The minimum atomic E-state index is -1.24. The number of benzene rings is 1. The van der Waals surface area contributed by atoms with Gasteiger partial charge in [-0.1, -0.05) is 13.0 Å². The molecule has 1 heterocycles. The summed E-state index contributed by atoms with van der Waals surface area (Å²) < 4.78 is 13.5. The molecule has 0 unspecified atom stereocenters. The molecule has 5 heteroatoms. The molecule has 20 heavy (non-hydrogen) atoms. The number of nitrogens with one attached hydrogen (secondary N) is 1. The van der Waals surface area contributed by atoms with Crippen molar-refractivity contribution >= 4 is 17.3 Å². The number of rotatable bonds is 6. The largest absolute Gasteiger partial charge is 0.478 e. The average molecular weight is 293 g/mol. The minimum absolute atomic E-state index is 0.292. The number of aryl methyl sites for hydroxylation is 1. The Bertz CT molecular complexity index is 610. The van der Waals surface area contributed by atoms with Crippen molar-refractivity contribution in [3.63, 3.8) is 0 Å². The molecule has 0 aliphatic carbocycles. The summed E-state index contributed by atoms with van der Waals surface area (Å²) in [4.78, 5) is 13.3. The number of carboxylic acid groups (broad SMARTS) is 1. The van der Waals surface area contributed by atoms with Crippen LogP contribution < -0.4 is 5.32 Å². The van der Waals surface area contributed by atoms with Gasteiger partial charge in [-0.15, -0.1) is 11.3 Å². The molecule has 0 saturated carbocycles. The Morgan fingerprint density at radius 2 is 2.00 bits per heavy atom. The summed E-state index contributed by atoms with van der Waals surface area (Å²) in [6.45, 7) is 3.36. The van der Waals surface area contributed by atoms with Gasteiger partial charge in [-0.3, -0.25) is 0 Å². The number of hydrogen-bond donors (Lipinski definition) is 2. The van der Waals surface area contributed by atoms with E-state index in [4.69, 9.17) is 5.11 Å². The van der Waals surface area contributed by atoms with Crippen LogP contribution in [-0.2, 0) is 19.5 Å². The topological polar surface area (TPSA) is 49.3 Å². The lowest BCUT2D eigenvalue weighted by Gasteiger charge is -2.05. The van der Waals surface area contributed by atoms with Crippen LogP contribution in [0.4, 0.5) is 4.39 Å². The van der Waals surface area contributed by atoms with Crippen molar-refractivity contribution in [2.24, 2.45) is 0 Å². The first-order valence-electron chi connectivity index (χ1n) is 6.40. The highest BCUT2D eigenvalue weighted by molar-refractivity contribution is 7.11. The zero-order valence-electron chi connectivity index (χ0n) is 11.1. The lowest BCUT2D eigenvalue weighted by Crippen LogP contribution is -2.12. The van der Waals surface area contributed by atoms with Gasteiger partial charge in [0.25, 0.3) is 0 Å². The van der Waals surface area contributed by atoms with E-state index in [0.29, 0.717) is 6.54 Å². The summed E-state index contributed by atoms with van der Waals surface area (Å²) in [5.74, 6) is -1.94. The molecule has 0 bridgehead atoms. The van der Waals surface area contributed by atoms with Crippen LogP contribution in [0.2, 0.25) is 0 Å². The number of thiophene rings is 1. The fourth-order valence-corrected chi connectivity index (χ4v) is 2.81. The Kier molecular flexibility index (Phi) is 4.87. The second-order valence-corrected chi connectivity index (χ2v) is 5.70. The van der Waals surface area contributed by atoms with Crippen molar-refractivity contribution < 1.29 is 14.3 Å². The first kappa shape index (κ1) is 14.7. The third-order valence-electron chi connectivity index (χ3n) is 2.96. The number of hydrogen-bond acceptors (Lipinski definition) is 3.